The van der Waals surface area contributed by atoms with Gasteiger partial charge < -0.3 is 9.64 Å². The molecule has 37 heavy (non-hydrogen) atoms. The number of benzene rings is 3. The van der Waals surface area contributed by atoms with E-state index in [4.69, 9.17) is 32.9 Å². The number of hydrogen-bond acceptors (Lipinski definition) is 5. The molecule has 1 heterocycles. The van der Waals surface area contributed by atoms with Crippen LogP contribution in [0, 0.1) is 0 Å². The standard InChI is InChI=1S/C28H27BrCl2N4O2/c1-5-17(2)27-33-25-11-8-20(29)13-22(25)28(36)35(27)32-15-19-7-9-21(34(3)4)14-26(19)37-16-18-6-10-23(30)24(31)12-18/h6-15,17H,5,16H2,1-4H3/t17-/m1/s1. The summed E-state index contributed by atoms with van der Waals surface area (Å²) >= 11 is 15.7. The Morgan fingerprint density at radius 1 is 1.11 bits per heavy atom. The average molecular weight is 602 g/mol. The molecule has 192 valence electrons. The third-order valence-electron chi connectivity index (χ3n) is 6.09. The van der Waals surface area contributed by atoms with E-state index in [9.17, 15) is 4.79 Å². The smallest absolute Gasteiger partial charge is 0.282 e. The Hall–Kier alpha value is -2.87. The Bertz CT molecular complexity index is 1540. The summed E-state index contributed by atoms with van der Waals surface area (Å²) in [5, 5.41) is 6.07. The van der Waals surface area contributed by atoms with Crippen LogP contribution in [0.1, 0.15) is 43.1 Å². The van der Waals surface area contributed by atoms with Gasteiger partial charge in [0.15, 0.2) is 0 Å². The maximum atomic E-state index is 13.5. The Balaban J connectivity index is 1.76. The Labute approximate surface area is 234 Å². The summed E-state index contributed by atoms with van der Waals surface area (Å²) in [6, 6.07) is 16.7. The van der Waals surface area contributed by atoms with E-state index in [1.54, 1.807) is 24.4 Å². The van der Waals surface area contributed by atoms with Crippen LogP contribution in [0.15, 0.2) is 69.0 Å². The first-order valence-electron chi connectivity index (χ1n) is 11.8. The number of rotatable bonds is 8. The fraction of sp³-hybridized carbons (Fsp3) is 0.250. The largest absolute Gasteiger partial charge is 0.488 e. The number of anilines is 1. The summed E-state index contributed by atoms with van der Waals surface area (Å²) in [6.45, 7) is 4.39. The minimum absolute atomic E-state index is 0.0411. The zero-order valence-corrected chi connectivity index (χ0v) is 24.1. The van der Waals surface area contributed by atoms with Gasteiger partial charge >= 0.3 is 0 Å². The van der Waals surface area contributed by atoms with Crippen LogP contribution in [0.4, 0.5) is 5.69 Å². The van der Waals surface area contributed by atoms with Crippen LogP contribution in [0.5, 0.6) is 5.75 Å². The number of hydrogen-bond donors (Lipinski definition) is 0. The van der Waals surface area contributed by atoms with Crippen molar-refractivity contribution in [2.75, 3.05) is 19.0 Å². The Morgan fingerprint density at radius 3 is 2.59 bits per heavy atom. The molecule has 0 aliphatic carbocycles. The SMILES string of the molecule is CC[C@@H](C)c1nc2ccc(Br)cc2c(=O)n1N=Cc1ccc(N(C)C)cc1OCc1ccc(Cl)c(Cl)c1. The van der Waals surface area contributed by atoms with Gasteiger partial charge in [0.25, 0.3) is 5.56 Å². The molecule has 0 aliphatic heterocycles. The van der Waals surface area contributed by atoms with Crippen molar-refractivity contribution in [3.05, 3.63) is 96.4 Å². The van der Waals surface area contributed by atoms with E-state index in [0.29, 0.717) is 32.5 Å². The van der Waals surface area contributed by atoms with Gasteiger partial charge in [0.2, 0.25) is 0 Å². The van der Waals surface area contributed by atoms with Crippen LogP contribution in [0.2, 0.25) is 10.0 Å². The number of ether oxygens (including phenoxy) is 1. The number of halogens is 3. The molecule has 9 heteroatoms. The molecule has 1 aromatic heterocycles. The van der Waals surface area contributed by atoms with Gasteiger partial charge in [0.1, 0.15) is 18.2 Å². The van der Waals surface area contributed by atoms with Crippen molar-refractivity contribution >= 4 is 61.9 Å². The molecule has 6 nitrogen and oxygen atoms in total. The van der Waals surface area contributed by atoms with Crippen LogP contribution in [0.25, 0.3) is 10.9 Å². The number of aromatic nitrogens is 2. The van der Waals surface area contributed by atoms with Gasteiger partial charge in [0.05, 0.1) is 27.2 Å². The molecule has 0 N–H and O–H groups in total. The molecule has 0 fully saturated rings. The molecule has 0 radical (unpaired) electrons. The predicted octanol–water partition coefficient (Wildman–Crippen LogP) is 7.51. The van der Waals surface area contributed by atoms with Crippen molar-refractivity contribution in [3.8, 4) is 5.75 Å². The second kappa shape index (κ2) is 11.7. The second-order valence-corrected chi connectivity index (χ2v) is 10.7. The summed E-state index contributed by atoms with van der Waals surface area (Å²) < 4.78 is 8.39. The average Bonchev–Trinajstić information content (AvgIpc) is 2.88. The first kappa shape index (κ1) is 27.2. The highest BCUT2D eigenvalue weighted by atomic mass is 79.9. The van der Waals surface area contributed by atoms with Gasteiger partial charge in [-0.1, -0.05) is 59.0 Å². The van der Waals surface area contributed by atoms with Gasteiger partial charge in [-0.2, -0.15) is 9.78 Å². The highest BCUT2D eigenvalue weighted by Gasteiger charge is 2.16. The topological polar surface area (TPSA) is 59.7 Å². The van der Waals surface area contributed by atoms with E-state index in [-0.39, 0.29) is 18.1 Å². The van der Waals surface area contributed by atoms with Crippen molar-refractivity contribution in [3.63, 3.8) is 0 Å². The lowest BCUT2D eigenvalue weighted by molar-refractivity contribution is 0.306. The molecular weight excluding hydrogens is 575 g/mol. The monoisotopic (exact) mass is 600 g/mol. The van der Waals surface area contributed by atoms with Crippen molar-refractivity contribution in [1.82, 2.24) is 9.66 Å². The summed E-state index contributed by atoms with van der Waals surface area (Å²) in [5.74, 6) is 1.27. The van der Waals surface area contributed by atoms with Crippen molar-refractivity contribution < 1.29 is 4.74 Å². The van der Waals surface area contributed by atoms with Crippen LogP contribution in [-0.2, 0) is 6.61 Å². The lowest BCUT2D eigenvalue weighted by atomic mass is 10.1. The van der Waals surface area contributed by atoms with Gasteiger partial charge in [-0.15, -0.1) is 0 Å². The molecule has 0 unspecified atom stereocenters. The predicted molar refractivity (Wildman–Crippen MR) is 157 cm³/mol. The molecule has 4 rings (SSSR count). The molecule has 0 saturated heterocycles. The molecule has 0 amide bonds. The van der Waals surface area contributed by atoms with Gasteiger partial charge in [-0.05, 0) is 54.4 Å². The summed E-state index contributed by atoms with van der Waals surface area (Å²) in [5.41, 5.74) is 3.00. The zero-order chi connectivity index (χ0) is 26.7. The molecule has 4 aromatic rings. The van der Waals surface area contributed by atoms with Crippen molar-refractivity contribution in [1.29, 1.82) is 0 Å². The lowest BCUT2D eigenvalue weighted by Gasteiger charge is -2.17. The normalized spacial score (nSPS) is 12.3. The van der Waals surface area contributed by atoms with E-state index in [2.05, 4.69) is 28.0 Å². The van der Waals surface area contributed by atoms with Gasteiger partial charge in [-0.25, -0.2) is 4.98 Å². The number of nitrogens with zero attached hydrogens (tertiary/aromatic N) is 4. The molecule has 3 aromatic carbocycles. The maximum absolute atomic E-state index is 13.5. The first-order valence-corrected chi connectivity index (χ1v) is 13.4. The van der Waals surface area contributed by atoms with Gasteiger partial charge in [0, 0.05) is 41.8 Å². The maximum Gasteiger partial charge on any atom is 0.282 e. The fourth-order valence-corrected chi connectivity index (χ4v) is 4.40. The van der Waals surface area contributed by atoms with E-state index < -0.39 is 0 Å². The molecule has 0 spiro atoms. The third-order valence-corrected chi connectivity index (χ3v) is 7.32. The molecule has 1 atom stereocenters. The molecule has 0 bridgehead atoms. The Kier molecular flexibility index (Phi) is 8.57. The summed E-state index contributed by atoms with van der Waals surface area (Å²) in [7, 11) is 3.92. The van der Waals surface area contributed by atoms with Crippen LogP contribution < -0.4 is 15.2 Å². The minimum Gasteiger partial charge on any atom is -0.488 e. The third kappa shape index (κ3) is 6.17. The summed E-state index contributed by atoms with van der Waals surface area (Å²) in [4.78, 5) is 20.2. The van der Waals surface area contributed by atoms with Crippen LogP contribution in [-0.4, -0.2) is 30.0 Å². The summed E-state index contributed by atoms with van der Waals surface area (Å²) in [6.07, 6.45) is 2.46. The van der Waals surface area contributed by atoms with Crippen LogP contribution in [0.3, 0.4) is 0 Å². The molecular formula is C28H27BrCl2N4O2. The molecule has 0 saturated carbocycles. The van der Waals surface area contributed by atoms with Crippen molar-refractivity contribution in [2.24, 2.45) is 5.10 Å². The lowest BCUT2D eigenvalue weighted by Crippen LogP contribution is -2.23. The first-order chi connectivity index (χ1) is 17.7. The quantitative estimate of drug-likeness (QED) is 0.196. The molecule has 0 aliphatic rings. The van der Waals surface area contributed by atoms with Crippen LogP contribution >= 0.6 is 39.1 Å². The van der Waals surface area contributed by atoms with E-state index in [0.717, 1.165) is 27.7 Å². The van der Waals surface area contributed by atoms with E-state index in [1.807, 2.05) is 62.3 Å². The van der Waals surface area contributed by atoms with E-state index in [1.165, 1.54) is 4.68 Å². The van der Waals surface area contributed by atoms with E-state index >= 15 is 0 Å². The number of fused-ring (bicyclic) bond motifs is 1. The minimum atomic E-state index is -0.221. The van der Waals surface area contributed by atoms with Gasteiger partial charge in [-0.3, -0.25) is 4.79 Å². The highest BCUT2D eigenvalue weighted by molar-refractivity contribution is 9.10. The highest BCUT2D eigenvalue weighted by Crippen LogP contribution is 2.27. The Morgan fingerprint density at radius 2 is 1.89 bits per heavy atom. The second-order valence-electron chi connectivity index (χ2n) is 8.96. The zero-order valence-electron chi connectivity index (χ0n) is 21.0. The van der Waals surface area contributed by atoms with Crippen molar-refractivity contribution in [2.45, 2.75) is 32.8 Å². The fourth-order valence-electron chi connectivity index (χ4n) is 3.72.